The van der Waals surface area contributed by atoms with Gasteiger partial charge in [0.2, 0.25) is 11.0 Å². The van der Waals surface area contributed by atoms with Gasteiger partial charge in [0.15, 0.2) is 11.0 Å². The van der Waals surface area contributed by atoms with Gasteiger partial charge in [0.25, 0.3) is 0 Å². The summed E-state index contributed by atoms with van der Waals surface area (Å²) in [6.07, 6.45) is 1.64. The summed E-state index contributed by atoms with van der Waals surface area (Å²) in [6, 6.07) is 18.8. The summed E-state index contributed by atoms with van der Waals surface area (Å²) in [5.74, 6) is 1.69. The third-order valence-electron chi connectivity index (χ3n) is 3.91. The molecule has 0 bridgehead atoms. The molecule has 0 aliphatic heterocycles. The number of ether oxygens (including phenoxy) is 2. The third kappa shape index (κ3) is 4.49. The molecule has 4 aromatic rings. The fourth-order valence-electron chi connectivity index (χ4n) is 2.57. The molecule has 2 aromatic carbocycles. The van der Waals surface area contributed by atoms with E-state index in [1.165, 1.54) is 11.8 Å². The summed E-state index contributed by atoms with van der Waals surface area (Å²) in [6.45, 7) is 0.200. The summed E-state index contributed by atoms with van der Waals surface area (Å²) in [7, 11) is 1.56. The number of nitrogens with zero attached hydrogens (tertiary/aromatic N) is 5. The quantitative estimate of drug-likeness (QED) is 0.405. The molecule has 0 aliphatic rings. The minimum atomic E-state index is 0.200. The van der Waals surface area contributed by atoms with Crippen molar-refractivity contribution < 1.29 is 9.47 Å². The first-order chi connectivity index (χ1) is 14.2. The summed E-state index contributed by atoms with van der Waals surface area (Å²) < 4.78 is 12.9. The molecular weight excluding hydrogens is 410 g/mol. The summed E-state index contributed by atoms with van der Waals surface area (Å²) >= 11 is 7.48. The highest BCUT2D eigenvalue weighted by Crippen LogP contribution is 2.29. The van der Waals surface area contributed by atoms with Crippen LogP contribution in [0.15, 0.2) is 77.2 Å². The van der Waals surface area contributed by atoms with E-state index in [-0.39, 0.29) is 6.61 Å². The molecule has 0 amide bonds. The molecule has 0 N–H and O–H groups in total. The van der Waals surface area contributed by atoms with Crippen LogP contribution in [-0.4, -0.2) is 31.8 Å². The van der Waals surface area contributed by atoms with E-state index in [9.17, 15) is 0 Å². The van der Waals surface area contributed by atoms with E-state index in [0.717, 1.165) is 5.69 Å². The Morgan fingerprint density at radius 2 is 1.79 bits per heavy atom. The average molecular weight is 426 g/mol. The first kappa shape index (κ1) is 19.2. The zero-order chi connectivity index (χ0) is 20.1. The molecule has 9 heteroatoms. The van der Waals surface area contributed by atoms with Crippen molar-refractivity contribution in [2.75, 3.05) is 7.11 Å². The van der Waals surface area contributed by atoms with Crippen molar-refractivity contribution in [3.8, 4) is 17.3 Å². The Labute approximate surface area is 176 Å². The highest BCUT2D eigenvalue weighted by Gasteiger charge is 2.17. The van der Waals surface area contributed by atoms with Gasteiger partial charge in [0.05, 0.1) is 12.1 Å². The molecule has 29 heavy (non-hydrogen) atoms. The zero-order valence-corrected chi connectivity index (χ0v) is 17.0. The van der Waals surface area contributed by atoms with Crippen LogP contribution in [0.25, 0.3) is 5.69 Å². The Balaban J connectivity index is 1.66. The van der Waals surface area contributed by atoms with Gasteiger partial charge in [-0.3, -0.25) is 4.57 Å². The lowest BCUT2D eigenvalue weighted by atomic mass is 10.3. The molecule has 2 heterocycles. The zero-order valence-electron chi connectivity index (χ0n) is 15.4. The molecule has 0 saturated carbocycles. The van der Waals surface area contributed by atoms with Crippen LogP contribution in [0.4, 0.5) is 0 Å². The molecule has 0 aliphatic carbocycles. The minimum Gasteiger partial charge on any atom is -0.484 e. The largest absolute Gasteiger partial charge is 0.484 e. The predicted molar refractivity (Wildman–Crippen MR) is 110 cm³/mol. The standard InChI is InChI=1S/C20H16ClN5O2S/c1-27-18-11-12-22-19(23-18)29-20-25-24-17(26(20)14-7-3-2-4-8-14)13-28-16-10-6-5-9-15(16)21/h2-12H,13H2,1H3. The van der Waals surface area contributed by atoms with Crippen molar-refractivity contribution in [2.24, 2.45) is 0 Å². The molecule has 0 saturated heterocycles. The average Bonchev–Trinajstić information content (AvgIpc) is 3.16. The van der Waals surface area contributed by atoms with E-state index in [0.29, 0.717) is 32.8 Å². The van der Waals surface area contributed by atoms with Crippen molar-refractivity contribution in [3.05, 3.63) is 77.7 Å². The smallest absolute Gasteiger partial charge is 0.217 e. The van der Waals surface area contributed by atoms with Gasteiger partial charge in [-0.25, -0.2) is 4.98 Å². The highest BCUT2D eigenvalue weighted by molar-refractivity contribution is 7.99. The van der Waals surface area contributed by atoms with E-state index < -0.39 is 0 Å². The van der Waals surface area contributed by atoms with Crippen LogP contribution in [0.2, 0.25) is 5.02 Å². The predicted octanol–water partition coefficient (Wildman–Crippen LogP) is 4.45. The molecule has 2 aromatic heterocycles. The van der Waals surface area contributed by atoms with Gasteiger partial charge in [-0.2, -0.15) is 4.98 Å². The Kier molecular flexibility index (Phi) is 5.92. The van der Waals surface area contributed by atoms with Gasteiger partial charge in [-0.05, 0) is 36.0 Å². The van der Waals surface area contributed by atoms with E-state index in [4.69, 9.17) is 21.1 Å². The fraction of sp³-hybridized carbons (Fsp3) is 0.100. The van der Waals surface area contributed by atoms with Gasteiger partial charge in [-0.1, -0.05) is 41.9 Å². The molecule has 0 spiro atoms. The number of rotatable bonds is 7. The van der Waals surface area contributed by atoms with Crippen molar-refractivity contribution in [2.45, 2.75) is 16.9 Å². The highest BCUT2D eigenvalue weighted by atomic mass is 35.5. The van der Waals surface area contributed by atoms with Crippen LogP contribution in [0, 0.1) is 0 Å². The fourth-order valence-corrected chi connectivity index (χ4v) is 3.56. The maximum Gasteiger partial charge on any atom is 0.217 e. The second kappa shape index (κ2) is 8.93. The lowest BCUT2D eigenvalue weighted by Crippen LogP contribution is -2.07. The second-order valence-corrected chi connectivity index (χ2v) is 7.11. The Bertz CT molecular complexity index is 1110. The molecule has 4 rings (SSSR count). The van der Waals surface area contributed by atoms with Gasteiger partial charge in [0.1, 0.15) is 12.4 Å². The van der Waals surface area contributed by atoms with Crippen molar-refractivity contribution >= 4 is 23.4 Å². The number of halogens is 1. The van der Waals surface area contributed by atoms with E-state index in [1.54, 1.807) is 25.4 Å². The number of methoxy groups -OCH3 is 1. The molecule has 146 valence electrons. The molecule has 0 fully saturated rings. The van der Waals surface area contributed by atoms with Gasteiger partial charge < -0.3 is 9.47 Å². The lowest BCUT2D eigenvalue weighted by Gasteiger charge is -2.11. The van der Waals surface area contributed by atoms with Gasteiger partial charge >= 0.3 is 0 Å². The summed E-state index contributed by atoms with van der Waals surface area (Å²) in [5, 5.41) is 10.3. The third-order valence-corrected chi connectivity index (χ3v) is 5.05. The number of para-hydroxylation sites is 2. The summed E-state index contributed by atoms with van der Waals surface area (Å²) in [5.41, 5.74) is 0.903. The van der Waals surface area contributed by atoms with Gasteiger partial charge in [-0.15, -0.1) is 10.2 Å². The van der Waals surface area contributed by atoms with E-state index in [2.05, 4.69) is 20.2 Å². The monoisotopic (exact) mass is 425 g/mol. The first-order valence-corrected chi connectivity index (χ1v) is 9.86. The van der Waals surface area contributed by atoms with E-state index in [1.807, 2.05) is 53.1 Å². The van der Waals surface area contributed by atoms with Crippen LogP contribution in [0.5, 0.6) is 11.6 Å². The van der Waals surface area contributed by atoms with Crippen molar-refractivity contribution in [3.63, 3.8) is 0 Å². The molecule has 0 radical (unpaired) electrons. The maximum absolute atomic E-state index is 6.19. The molecule has 0 unspecified atom stereocenters. The van der Waals surface area contributed by atoms with Crippen LogP contribution >= 0.6 is 23.4 Å². The van der Waals surface area contributed by atoms with Crippen LogP contribution in [0.3, 0.4) is 0 Å². The normalized spacial score (nSPS) is 10.7. The van der Waals surface area contributed by atoms with Crippen molar-refractivity contribution in [1.29, 1.82) is 0 Å². The van der Waals surface area contributed by atoms with Crippen LogP contribution < -0.4 is 9.47 Å². The minimum absolute atomic E-state index is 0.200. The lowest BCUT2D eigenvalue weighted by molar-refractivity contribution is 0.293. The van der Waals surface area contributed by atoms with E-state index >= 15 is 0 Å². The second-order valence-electron chi connectivity index (χ2n) is 5.77. The Morgan fingerprint density at radius 1 is 1.00 bits per heavy atom. The number of benzene rings is 2. The topological polar surface area (TPSA) is 75.0 Å². The SMILES string of the molecule is COc1ccnc(Sc2nnc(COc3ccccc3Cl)n2-c2ccccc2)n1. The van der Waals surface area contributed by atoms with Crippen LogP contribution in [-0.2, 0) is 6.61 Å². The van der Waals surface area contributed by atoms with Crippen molar-refractivity contribution in [1.82, 2.24) is 24.7 Å². The first-order valence-electron chi connectivity index (χ1n) is 8.66. The summed E-state index contributed by atoms with van der Waals surface area (Å²) in [4.78, 5) is 8.61. The van der Waals surface area contributed by atoms with Crippen LogP contribution in [0.1, 0.15) is 5.82 Å². The van der Waals surface area contributed by atoms with Gasteiger partial charge in [0, 0.05) is 18.0 Å². The molecule has 0 atom stereocenters. The number of aromatic nitrogens is 5. The number of hydrogen-bond acceptors (Lipinski definition) is 7. The molecule has 7 nitrogen and oxygen atoms in total. The maximum atomic E-state index is 6.19. The Hall–Kier alpha value is -3.10. The number of hydrogen-bond donors (Lipinski definition) is 0. The Morgan fingerprint density at radius 3 is 2.59 bits per heavy atom. The molecular formula is C20H16ClN5O2S.